The molecule has 2 rings (SSSR count). The Bertz CT molecular complexity index is 559. The van der Waals surface area contributed by atoms with Gasteiger partial charge in [0.1, 0.15) is 11.7 Å². The summed E-state index contributed by atoms with van der Waals surface area (Å²) in [4.78, 5) is 25.2. The number of ether oxygens (including phenoxy) is 1. The van der Waals surface area contributed by atoms with Crippen LogP contribution in [0.15, 0.2) is 18.2 Å². The first-order valence-corrected chi connectivity index (χ1v) is 8.47. The highest BCUT2D eigenvalue weighted by Gasteiger charge is 2.38. The molecule has 0 heterocycles. The van der Waals surface area contributed by atoms with E-state index in [1.54, 1.807) is 6.92 Å². The summed E-state index contributed by atoms with van der Waals surface area (Å²) in [7, 11) is 0. The molecule has 1 atom stereocenters. The van der Waals surface area contributed by atoms with E-state index < -0.39 is 17.7 Å². The summed E-state index contributed by atoms with van der Waals surface area (Å²) in [6.07, 6.45) is 3.33. The van der Waals surface area contributed by atoms with Crippen molar-refractivity contribution in [2.45, 2.75) is 45.4 Å². The number of benzene rings is 1. The molecule has 0 aromatic heterocycles. The SMILES string of the molecule is CCOC(=O)C(C(=O)C1CCC(C)CC1)c1c(F)cccc1Cl. The lowest BCUT2D eigenvalue weighted by atomic mass is 9.76. The second kappa shape index (κ2) is 7.91. The van der Waals surface area contributed by atoms with Gasteiger partial charge in [0.25, 0.3) is 0 Å². The Morgan fingerprint density at radius 1 is 1.30 bits per heavy atom. The summed E-state index contributed by atoms with van der Waals surface area (Å²) >= 11 is 6.07. The largest absolute Gasteiger partial charge is 0.465 e. The molecule has 0 amide bonds. The Kier molecular flexibility index (Phi) is 6.17. The van der Waals surface area contributed by atoms with Gasteiger partial charge in [-0.1, -0.05) is 37.4 Å². The van der Waals surface area contributed by atoms with E-state index in [-0.39, 0.29) is 28.9 Å². The third-order valence-electron chi connectivity index (χ3n) is 4.51. The van der Waals surface area contributed by atoms with Gasteiger partial charge in [0.15, 0.2) is 5.78 Å². The van der Waals surface area contributed by atoms with Crippen LogP contribution in [0.25, 0.3) is 0 Å². The first kappa shape index (κ1) is 17.9. The molecule has 0 spiro atoms. The smallest absolute Gasteiger partial charge is 0.321 e. The van der Waals surface area contributed by atoms with Crippen molar-refractivity contribution in [3.63, 3.8) is 0 Å². The van der Waals surface area contributed by atoms with Gasteiger partial charge in [0.05, 0.1) is 6.61 Å². The van der Waals surface area contributed by atoms with Crippen LogP contribution >= 0.6 is 11.6 Å². The average molecular weight is 341 g/mol. The third-order valence-corrected chi connectivity index (χ3v) is 4.84. The lowest BCUT2D eigenvalue weighted by Gasteiger charge is -2.28. The Labute approximate surface area is 141 Å². The summed E-state index contributed by atoms with van der Waals surface area (Å²) in [5.74, 6) is -2.57. The zero-order valence-corrected chi connectivity index (χ0v) is 14.2. The topological polar surface area (TPSA) is 43.4 Å². The predicted octanol–water partition coefficient (Wildman–Crippen LogP) is 4.52. The highest BCUT2D eigenvalue weighted by atomic mass is 35.5. The molecule has 1 fully saturated rings. The molecule has 1 aromatic carbocycles. The molecule has 0 bridgehead atoms. The van der Waals surface area contributed by atoms with E-state index in [1.807, 2.05) is 0 Å². The van der Waals surface area contributed by atoms with Crippen molar-refractivity contribution in [2.24, 2.45) is 11.8 Å². The number of Topliss-reactive ketones (excluding diaryl/α,β-unsaturated/α-hetero) is 1. The highest BCUT2D eigenvalue weighted by molar-refractivity contribution is 6.32. The molecule has 1 aliphatic rings. The monoisotopic (exact) mass is 340 g/mol. The van der Waals surface area contributed by atoms with Crippen LogP contribution in [0, 0.1) is 17.7 Å². The normalized spacial score (nSPS) is 22.4. The van der Waals surface area contributed by atoms with Gasteiger partial charge in [-0.05, 0) is 37.8 Å². The maximum Gasteiger partial charge on any atom is 0.321 e. The van der Waals surface area contributed by atoms with Crippen LogP contribution in [0.5, 0.6) is 0 Å². The van der Waals surface area contributed by atoms with E-state index in [0.717, 1.165) is 25.7 Å². The van der Waals surface area contributed by atoms with Crippen molar-refractivity contribution < 1.29 is 18.7 Å². The Morgan fingerprint density at radius 2 is 1.96 bits per heavy atom. The summed E-state index contributed by atoms with van der Waals surface area (Å²) in [6.45, 7) is 3.94. The first-order chi connectivity index (χ1) is 11.0. The van der Waals surface area contributed by atoms with Gasteiger partial charge in [-0.2, -0.15) is 0 Å². The van der Waals surface area contributed by atoms with Gasteiger partial charge in [-0.15, -0.1) is 0 Å². The van der Waals surface area contributed by atoms with E-state index in [4.69, 9.17) is 16.3 Å². The van der Waals surface area contributed by atoms with Crippen LogP contribution in [0.1, 0.15) is 51.0 Å². The predicted molar refractivity (Wildman–Crippen MR) is 86.9 cm³/mol. The van der Waals surface area contributed by atoms with Crippen molar-refractivity contribution in [1.29, 1.82) is 0 Å². The quantitative estimate of drug-likeness (QED) is 0.584. The van der Waals surface area contributed by atoms with E-state index in [1.165, 1.54) is 18.2 Å². The van der Waals surface area contributed by atoms with Crippen molar-refractivity contribution in [3.8, 4) is 0 Å². The van der Waals surface area contributed by atoms with Crippen LogP contribution in [-0.4, -0.2) is 18.4 Å². The zero-order valence-electron chi connectivity index (χ0n) is 13.5. The molecule has 126 valence electrons. The lowest BCUT2D eigenvalue weighted by molar-refractivity contribution is -0.149. The van der Waals surface area contributed by atoms with Crippen molar-refractivity contribution in [1.82, 2.24) is 0 Å². The number of carbonyl (C=O) groups excluding carboxylic acids is 2. The molecule has 1 saturated carbocycles. The fourth-order valence-electron chi connectivity index (χ4n) is 3.17. The number of carbonyl (C=O) groups is 2. The third kappa shape index (κ3) is 4.11. The van der Waals surface area contributed by atoms with Crippen LogP contribution in [0.3, 0.4) is 0 Å². The second-order valence-electron chi connectivity index (χ2n) is 6.18. The molecular formula is C18H22ClFO3. The number of hydrogen-bond acceptors (Lipinski definition) is 3. The zero-order chi connectivity index (χ0) is 17.0. The van der Waals surface area contributed by atoms with Crippen LogP contribution in [-0.2, 0) is 14.3 Å². The fourth-order valence-corrected chi connectivity index (χ4v) is 3.44. The van der Waals surface area contributed by atoms with Gasteiger partial charge < -0.3 is 4.74 Å². The molecule has 0 radical (unpaired) electrons. The van der Waals surface area contributed by atoms with E-state index >= 15 is 0 Å². The summed E-state index contributed by atoms with van der Waals surface area (Å²) in [5, 5.41) is 0.0839. The Morgan fingerprint density at radius 3 is 2.52 bits per heavy atom. The van der Waals surface area contributed by atoms with Gasteiger partial charge in [-0.25, -0.2) is 4.39 Å². The van der Waals surface area contributed by atoms with Crippen LogP contribution in [0.2, 0.25) is 5.02 Å². The molecular weight excluding hydrogens is 319 g/mol. The maximum atomic E-state index is 14.2. The number of halogens is 2. The minimum Gasteiger partial charge on any atom is -0.465 e. The molecule has 23 heavy (non-hydrogen) atoms. The molecule has 1 aromatic rings. The molecule has 1 aliphatic carbocycles. The Hall–Kier alpha value is -1.42. The van der Waals surface area contributed by atoms with Crippen LogP contribution < -0.4 is 0 Å². The van der Waals surface area contributed by atoms with Crippen molar-refractivity contribution in [2.75, 3.05) is 6.61 Å². The summed E-state index contributed by atoms with van der Waals surface area (Å²) in [5.41, 5.74) is -0.0590. The standard InChI is InChI=1S/C18H22ClFO3/c1-3-23-18(22)16(15-13(19)5-4-6-14(15)20)17(21)12-9-7-11(2)8-10-12/h4-6,11-12,16H,3,7-10H2,1-2H3. The molecule has 0 saturated heterocycles. The molecule has 1 unspecified atom stereocenters. The second-order valence-corrected chi connectivity index (χ2v) is 6.59. The summed E-state index contributed by atoms with van der Waals surface area (Å²) in [6, 6.07) is 4.15. The molecule has 5 heteroatoms. The van der Waals surface area contributed by atoms with Crippen molar-refractivity contribution >= 4 is 23.4 Å². The minimum atomic E-state index is -1.28. The fraction of sp³-hybridized carbons (Fsp3) is 0.556. The van der Waals surface area contributed by atoms with Crippen molar-refractivity contribution in [3.05, 3.63) is 34.6 Å². The number of hydrogen-bond donors (Lipinski definition) is 0. The van der Waals surface area contributed by atoms with Gasteiger partial charge in [0.2, 0.25) is 0 Å². The number of esters is 1. The van der Waals surface area contributed by atoms with Crippen LogP contribution in [0.4, 0.5) is 4.39 Å². The average Bonchev–Trinajstić information content (AvgIpc) is 2.51. The van der Waals surface area contributed by atoms with E-state index in [2.05, 4.69) is 6.92 Å². The molecule has 0 aliphatic heterocycles. The Balaban J connectivity index is 2.34. The lowest BCUT2D eigenvalue weighted by Crippen LogP contribution is -2.32. The van der Waals surface area contributed by atoms with Gasteiger partial charge in [-0.3, -0.25) is 9.59 Å². The van der Waals surface area contributed by atoms with E-state index in [0.29, 0.717) is 5.92 Å². The number of ketones is 1. The molecule has 3 nitrogen and oxygen atoms in total. The number of rotatable bonds is 5. The maximum absolute atomic E-state index is 14.2. The summed E-state index contributed by atoms with van der Waals surface area (Å²) < 4.78 is 19.3. The highest BCUT2D eigenvalue weighted by Crippen LogP contribution is 2.36. The first-order valence-electron chi connectivity index (χ1n) is 8.10. The molecule has 0 N–H and O–H groups in total. The van der Waals surface area contributed by atoms with Gasteiger partial charge in [0, 0.05) is 16.5 Å². The van der Waals surface area contributed by atoms with E-state index in [9.17, 15) is 14.0 Å². The minimum absolute atomic E-state index is 0.0590. The van der Waals surface area contributed by atoms with Gasteiger partial charge >= 0.3 is 5.97 Å².